The van der Waals surface area contributed by atoms with Crippen LogP contribution in [0.15, 0.2) is 0 Å². The molecule has 0 aliphatic heterocycles. The molecule has 0 aromatic rings. The quantitative estimate of drug-likeness (QED) is 0.558. The zero-order chi connectivity index (χ0) is 9.40. The van der Waals surface area contributed by atoms with Gasteiger partial charge in [0.05, 0.1) is 6.61 Å². The van der Waals surface area contributed by atoms with E-state index < -0.39 is 0 Å². The minimum atomic E-state index is 0.213. The van der Waals surface area contributed by atoms with E-state index in [2.05, 4.69) is 19.2 Å². The lowest BCUT2D eigenvalue weighted by molar-refractivity contribution is 0.181. The molecule has 1 atom stereocenters. The van der Waals surface area contributed by atoms with Gasteiger partial charge in [0.15, 0.2) is 0 Å². The third-order valence-corrected chi connectivity index (χ3v) is 1.93. The molecular weight excluding hydrogens is 154 g/mol. The first-order chi connectivity index (χ1) is 5.72. The van der Waals surface area contributed by atoms with Crippen molar-refractivity contribution in [3.8, 4) is 0 Å². The van der Waals surface area contributed by atoms with E-state index in [1.165, 1.54) is 0 Å². The van der Waals surface area contributed by atoms with Gasteiger partial charge in [0, 0.05) is 19.8 Å². The summed E-state index contributed by atoms with van der Waals surface area (Å²) in [5.41, 5.74) is 0. The maximum absolute atomic E-state index is 8.96. The zero-order valence-corrected chi connectivity index (χ0v) is 8.34. The summed E-state index contributed by atoms with van der Waals surface area (Å²) in [5.74, 6) is 0.484. The number of aliphatic hydroxyl groups is 1. The predicted molar refractivity (Wildman–Crippen MR) is 50.2 cm³/mol. The lowest BCUT2D eigenvalue weighted by Gasteiger charge is -2.19. The number of hydrogen-bond acceptors (Lipinski definition) is 3. The lowest BCUT2D eigenvalue weighted by atomic mass is 10.1. The van der Waals surface area contributed by atoms with Crippen LogP contribution in [0.5, 0.6) is 0 Å². The van der Waals surface area contributed by atoms with Crippen LogP contribution in [0.4, 0.5) is 0 Å². The number of aliphatic hydroxyl groups excluding tert-OH is 1. The smallest absolute Gasteiger partial charge is 0.0587 e. The highest BCUT2D eigenvalue weighted by Crippen LogP contribution is 1.99. The van der Waals surface area contributed by atoms with Crippen molar-refractivity contribution < 1.29 is 9.84 Å². The molecule has 0 saturated carbocycles. The zero-order valence-electron chi connectivity index (χ0n) is 8.34. The molecule has 12 heavy (non-hydrogen) atoms. The van der Waals surface area contributed by atoms with E-state index in [1.807, 2.05) is 0 Å². The maximum Gasteiger partial charge on any atom is 0.0587 e. The Morgan fingerprint density at radius 2 is 2.08 bits per heavy atom. The van der Waals surface area contributed by atoms with E-state index in [1.54, 1.807) is 7.11 Å². The van der Waals surface area contributed by atoms with Crippen LogP contribution in [0.1, 0.15) is 20.3 Å². The molecule has 3 nitrogen and oxygen atoms in total. The number of methoxy groups -OCH3 is 1. The van der Waals surface area contributed by atoms with Crippen molar-refractivity contribution in [1.29, 1.82) is 0 Å². The van der Waals surface area contributed by atoms with Crippen molar-refractivity contribution in [2.24, 2.45) is 5.92 Å². The van der Waals surface area contributed by atoms with Crippen molar-refractivity contribution in [1.82, 2.24) is 5.32 Å². The molecule has 3 heteroatoms. The Morgan fingerprint density at radius 3 is 2.50 bits per heavy atom. The first-order valence-electron chi connectivity index (χ1n) is 4.55. The average molecular weight is 175 g/mol. The summed E-state index contributed by atoms with van der Waals surface area (Å²) in [6.07, 6.45) is 1.000. The van der Waals surface area contributed by atoms with Gasteiger partial charge < -0.3 is 15.2 Å². The van der Waals surface area contributed by atoms with E-state index >= 15 is 0 Å². The van der Waals surface area contributed by atoms with Crippen molar-refractivity contribution in [2.45, 2.75) is 26.3 Å². The van der Waals surface area contributed by atoms with Gasteiger partial charge in [0.1, 0.15) is 0 Å². The van der Waals surface area contributed by atoms with Crippen LogP contribution in [0.3, 0.4) is 0 Å². The van der Waals surface area contributed by atoms with Crippen LogP contribution in [0.25, 0.3) is 0 Å². The molecule has 0 spiro atoms. The van der Waals surface area contributed by atoms with Gasteiger partial charge in [-0.1, -0.05) is 13.8 Å². The summed E-state index contributed by atoms with van der Waals surface area (Å²) >= 11 is 0. The molecule has 0 heterocycles. The number of ether oxygens (including phenoxy) is 1. The molecule has 0 fully saturated rings. The summed E-state index contributed by atoms with van der Waals surface area (Å²) in [5, 5.41) is 12.2. The molecule has 0 aromatic heterocycles. The first kappa shape index (κ1) is 11.9. The van der Waals surface area contributed by atoms with Gasteiger partial charge in [0.2, 0.25) is 0 Å². The Hall–Kier alpha value is -0.120. The lowest BCUT2D eigenvalue weighted by Crippen LogP contribution is -2.37. The fourth-order valence-electron chi connectivity index (χ4n) is 1.02. The standard InChI is InChI=1S/C9H21NO2/c1-8(2)9(7-11)10-5-4-6-12-3/h8-11H,4-7H2,1-3H3/t9-/m1/s1. The summed E-state index contributed by atoms with van der Waals surface area (Å²) in [7, 11) is 1.70. The Kier molecular flexibility index (Phi) is 7.45. The molecule has 0 bridgehead atoms. The van der Waals surface area contributed by atoms with Gasteiger partial charge in [-0.05, 0) is 18.9 Å². The van der Waals surface area contributed by atoms with Crippen LogP contribution in [-0.2, 0) is 4.74 Å². The molecule has 0 radical (unpaired) electrons. The minimum Gasteiger partial charge on any atom is -0.395 e. The highest BCUT2D eigenvalue weighted by Gasteiger charge is 2.09. The van der Waals surface area contributed by atoms with Gasteiger partial charge >= 0.3 is 0 Å². The Morgan fingerprint density at radius 1 is 1.42 bits per heavy atom. The molecule has 74 valence electrons. The molecule has 0 rings (SSSR count). The van der Waals surface area contributed by atoms with Crippen LogP contribution < -0.4 is 5.32 Å². The van der Waals surface area contributed by atoms with E-state index in [4.69, 9.17) is 9.84 Å². The Bertz CT molecular complexity index is 96.5. The van der Waals surface area contributed by atoms with Gasteiger partial charge in [-0.2, -0.15) is 0 Å². The maximum atomic E-state index is 8.96. The molecule has 0 saturated heterocycles. The molecule has 0 unspecified atom stereocenters. The fraction of sp³-hybridized carbons (Fsp3) is 1.00. The highest BCUT2D eigenvalue weighted by molar-refractivity contribution is 4.68. The van der Waals surface area contributed by atoms with E-state index in [-0.39, 0.29) is 12.6 Å². The van der Waals surface area contributed by atoms with Gasteiger partial charge in [-0.15, -0.1) is 0 Å². The van der Waals surface area contributed by atoms with Crippen LogP contribution in [0.2, 0.25) is 0 Å². The van der Waals surface area contributed by atoms with Gasteiger partial charge in [-0.3, -0.25) is 0 Å². The number of hydrogen-bond donors (Lipinski definition) is 2. The van der Waals surface area contributed by atoms with E-state index in [9.17, 15) is 0 Å². The predicted octanol–water partition coefficient (Wildman–Crippen LogP) is 0.629. The summed E-state index contributed by atoms with van der Waals surface area (Å²) < 4.78 is 4.92. The van der Waals surface area contributed by atoms with Crippen molar-refractivity contribution in [3.05, 3.63) is 0 Å². The van der Waals surface area contributed by atoms with Crippen LogP contribution >= 0.6 is 0 Å². The Balaban J connectivity index is 3.32. The van der Waals surface area contributed by atoms with E-state index in [0.29, 0.717) is 5.92 Å². The monoisotopic (exact) mass is 175 g/mol. The van der Waals surface area contributed by atoms with Crippen molar-refractivity contribution >= 4 is 0 Å². The second-order valence-corrected chi connectivity index (χ2v) is 3.33. The third-order valence-electron chi connectivity index (χ3n) is 1.93. The first-order valence-corrected chi connectivity index (χ1v) is 4.55. The Labute approximate surface area is 75.1 Å². The molecular formula is C9H21NO2. The van der Waals surface area contributed by atoms with Crippen molar-refractivity contribution in [2.75, 3.05) is 26.9 Å². The molecule has 0 amide bonds. The average Bonchev–Trinajstić information content (AvgIpc) is 2.04. The molecule has 0 aromatic carbocycles. The third kappa shape index (κ3) is 5.52. The topological polar surface area (TPSA) is 41.5 Å². The number of rotatable bonds is 7. The van der Waals surface area contributed by atoms with E-state index in [0.717, 1.165) is 19.6 Å². The summed E-state index contributed by atoms with van der Waals surface area (Å²) in [4.78, 5) is 0. The SMILES string of the molecule is COCCCN[C@H](CO)C(C)C. The van der Waals surface area contributed by atoms with Gasteiger partial charge in [-0.25, -0.2) is 0 Å². The fourth-order valence-corrected chi connectivity index (χ4v) is 1.02. The summed E-state index contributed by atoms with van der Waals surface area (Å²) in [6, 6.07) is 0.224. The molecule has 2 N–H and O–H groups in total. The second-order valence-electron chi connectivity index (χ2n) is 3.33. The molecule has 0 aliphatic carbocycles. The number of nitrogens with one attached hydrogen (secondary N) is 1. The van der Waals surface area contributed by atoms with Crippen molar-refractivity contribution in [3.63, 3.8) is 0 Å². The molecule has 0 aliphatic rings. The van der Waals surface area contributed by atoms with Crippen LogP contribution in [0, 0.1) is 5.92 Å². The normalized spacial score (nSPS) is 13.8. The second kappa shape index (κ2) is 7.53. The minimum absolute atomic E-state index is 0.213. The largest absolute Gasteiger partial charge is 0.395 e. The highest BCUT2D eigenvalue weighted by atomic mass is 16.5. The van der Waals surface area contributed by atoms with Crippen LogP contribution in [-0.4, -0.2) is 38.0 Å². The summed E-state index contributed by atoms with van der Waals surface area (Å²) in [6.45, 7) is 6.11. The van der Waals surface area contributed by atoms with Gasteiger partial charge in [0.25, 0.3) is 0 Å².